The van der Waals surface area contributed by atoms with E-state index in [2.05, 4.69) is 45.0 Å². The second kappa shape index (κ2) is 6.32. The molecular weight excluding hydrogens is 340 g/mol. The Labute approximate surface area is 159 Å². The Morgan fingerprint density at radius 1 is 1.11 bits per heavy atom. The summed E-state index contributed by atoms with van der Waals surface area (Å²) in [5.74, 6) is 3.10. The highest BCUT2D eigenvalue weighted by atomic mass is 16.2. The van der Waals surface area contributed by atoms with Crippen LogP contribution in [0.15, 0.2) is 18.5 Å². The number of anilines is 1. The minimum Gasteiger partial charge on any atom is -0.356 e. The van der Waals surface area contributed by atoms with Crippen molar-refractivity contribution in [3.05, 3.63) is 35.5 Å². The SMILES string of the molecule is CC(C)c1cc(N2CC3CN(C(=O)c4cc(C5CC5)[nH]n4)CC3C2)ncn1. The topological polar surface area (TPSA) is 78.0 Å². The molecule has 142 valence electrons. The third-order valence-electron chi connectivity index (χ3n) is 6.20. The Morgan fingerprint density at radius 3 is 2.52 bits per heavy atom. The third kappa shape index (κ3) is 3.09. The largest absolute Gasteiger partial charge is 0.356 e. The summed E-state index contributed by atoms with van der Waals surface area (Å²) in [6.45, 7) is 7.84. The molecule has 0 spiro atoms. The molecule has 2 unspecified atom stereocenters. The van der Waals surface area contributed by atoms with Gasteiger partial charge in [-0.15, -0.1) is 0 Å². The molecule has 1 amide bonds. The van der Waals surface area contributed by atoms with Crippen LogP contribution in [0, 0.1) is 11.8 Å². The number of nitrogens with one attached hydrogen (secondary N) is 1. The molecule has 0 bridgehead atoms. The first-order chi connectivity index (χ1) is 13.1. The van der Waals surface area contributed by atoms with Gasteiger partial charge in [0.05, 0.1) is 0 Å². The van der Waals surface area contributed by atoms with Gasteiger partial charge in [0.15, 0.2) is 0 Å². The van der Waals surface area contributed by atoms with E-state index in [4.69, 9.17) is 0 Å². The Kier molecular flexibility index (Phi) is 3.91. The fourth-order valence-corrected chi connectivity index (χ4v) is 4.41. The molecule has 7 nitrogen and oxygen atoms in total. The zero-order valence-corrected chi connectivity index (χ0v) is 15.9. The zero-order valence-electron chi connectivity index (χ0n) is 15.9. The predicted molar refractivity (Wildman–Crippen MR) is 102 cm³/mol. The van der Waals surface area contributed by atoms with Crippen molar-refractivity contribution < 1.29 is 4.79 Å². The number of rotatable bonds is 4. The molecule has 3 fully saturated rings. The number of aromatic amines is 1. The number of fused-ring (bicyclic) bond motifs is 1. The van der Waals surface area contributed by atoms with Gasteiger partial charge in [-0.3, -0.25) is 9.89 Å². The summed E-state index contributed by atoms with van der Waals surface area (Å²) >= 11 is 0. The molecule has 4 heterocycles. The maximum absolute atomic E-state index is 12.8. The van der Waals surface area contributed by atoms with Crippen LogP contribution in [0.5, 0.6) is 0 Å². The summed E-state index contributed by atoms with van der Waals surface area (Å²) in [4.78, 5) is 26.0. The molecule has 0 radical (unpaired) electrons. The smallest absolute Gasteiger partial charge is 0.274 e. The van der Waals surface area contributed by atoms with Crippen molar-refractivity contribution in [2.24, 2.45) is 11.8 Å². The molecule has 1 aliphatic carbocycles. The van der Waals surface area contributed by atoms with Crippen molar-refractivity contribution in [1.29, 1.82) is 0 Å². The molecule has 5 rings (SSSR count). The number of aromatic nitrogens is 4. The Balaban J connectivity index is 1.24. The van der Waals surface area contributed by atoms with Gasteiger partial charge in [-0.25, -0.2) is 9.97 Å². The van der Waals surface area contributed by atoms with Gasteiger partial charge in [0.1, 0.15) is 17.8 Å². The van der Waals surface area contributed by atoms with Gasteiger partial charge < -0.3 is 9.80 Å². The molecule has 0 aromatic carbocycles. The first-order valence-electron chi connectivity index (χ1n) is 10.00. The maximum atomic E-state index is 12.8. The van der Waals surface area contributed by atoms with Crippen LogP contribution in [-0.2, 0) is 0 Å². The predicted octanol–water partition coefficient (Wildman–Crippen LogP) is 2.41. The summed E-state index contributed by atoms with van der Waals surface area (Å²) in [6.07, 6.45) is 4.09. The van der Waals surface area contributed by atoms with Crippen LogP contribution < -0.4 is 4.90 Å². The molecule has 3 aliphatic rings. The number of amides is 1. The fraction of sp³-hybridized carbons (Fsp3) is 0.600. The highest BCUT2D eigenvalue weighted by Crippen LogP contribution is 2.39. The lowest BCUT2D eigenvalue weighted by Gasteiger charge is -2.22. The van der Waals surface area contributed by atoms with E-state index in [1.54, 1.807) is 6.33 Å². The number of hydrogen-bond acceptors (Lipinski definition) is 5. The van der Waals surface area contributed by atoms with Gasteiger partial charge >= 0.3 is 0 Å². The van der Waals surface area contributed by atoms with E-state index in [0.717, 1.165) is 43.4 Å². The quantitative estimate of drug-likeness (QED) is 0.899. The van der Waals surface area contributed by atoms with Crippen LogP contribution in [0.4, 0.5) is 5.82 Å². The number of carbonyl (C=O) groups is 1. The second-order valence-electron chi connectivity index (χ2n) is 8.57. The van der Waals surface area contributed by atoms with E-state index in [0.29, 0.717) is 29.4 Å². The summed E-state index contributed by atoms with van der Waals surface area (Å²) in [5, 5.41) is 7.31. The van der Waals surface area contributed by atoms with Crippen LogP contribution in [0.1, 0.15) is 60.4 Å². The van der Waals surface area contributed by atoms with Gasteiger partial charge in [0.25, 0.3) is 5.91 Å². The number of carbonyl (C=O) groups excluding carboxylic acids is 1. The van der Waals surface area contributed by atoms with Gasteiger partial charge in [-0.2, -0.15) is 5.10 Å². The summed E-state index contributed by atoms with van der Waals surface area (Å²) in [7, 11) is 0. The minimum absolute atomic E-state index is 0.0724. The lowest BCUT2D eigenvalue weighted by molar-refractivity contribution is 0.0776. The Hall–Kier alpha value is -2.44. The highest BCUT2D eigenvalue weighted by Gasteiger charge is 2.42. The molecule has 2 aliphatic heterocycles. The average Bonchev–Trinajstić information content (AvgIpc) is 3.09. The molecule has 2 aromatic rings. The van der Waals surface area contributed by atoms with Crippen molar-refractivity contribution in [3.63, 3.8) is 0 Å². The standard InChI is InChI=1S/C20H26N6O/c1-12(2)16-6-19(22-11-21-16)25-7-14-9-26(10-15(14)8-25)20(27)18-5-17(23-24-18)13-3-4-13/h5-6,11-15H,3-4,7-10H2,1-2H3,(H,23,24). The van der Waals surface area contributed by atoms with Crippen LogP contribution in [0.25, 0.3) is 0 Å². The van der Waals surface area contributed by atoms with E-state index < -0.39 is 0 Å². The van der Waals surface area contributed by atoms with E-state index in [9.17, 15) is 4.79 Å². The van der Waals surface area contributed by atoms with Crippen LogP contribution in [0.3, 0.4) is 0 Å². The number of H-pyrrole nitrogens is 1. The van der Waals surface area contributed by atoms with Crippen molar-refractivity contribution in [1.82, 2.24) is 25.1 Å². The maximum Gasteiger partial charge on any atom is 0.274 e. The molecule has 27 heavy (non-hydrogen) atoms. The molecule has 1 saturated carbocycles. The van der Waals surface area contributed by atoms with Crippen LogP contribution in [-0.4, -0.2) is 57.2 Å². The van der Waals surface area contributed by atoms with E-state index in [1.807, 2.05) is 11.0 Å². The van der Waals surface area contributed by atoms with Crippen molar-refractivity contribution in [2.45, 2.75) is 38.5 Å². The molecule has 2 aromatic heterocycles. The van der Waals surface area contributed by atoms with Gasteiger partial charge in [0.2, 0.25) is 0 Å². The minimum atomic E-state index is 0.0724. The first kappa shape index (κ1) is 16.7. The Bertz CT molecular complexity index is 844. The normalized spacial score (nSPS) is 24.7. The first-order valence-corrected chi connectivity index (χ1v) is 10.00. The van der Waals surface area contributed by atoms with Crippen LogP contribution in [0.2, 0.25) is 0 Å². The van der Waals surface area contributed by atoms with E-state index in [1.165, 1.54) is 12.8 Å². The monoisotopic (exact) mass is 366 g/mol. The fourth-order valence-electron chi connectivity index (χ4n) is 4.41. The van der Waals surface area contributed by atoms with E-state index >= 15 is 0 Å². The summed E-state index contributed by atoms with van der Waals surface area (Å²) in [5.41, 5.74) is 2.78. The average molecular weight is 366 g/mol. The number of likely N-dealkylation sites (tertiary alicyclic amines) is 1. The molecular formula is C20H26N6O. The second-order valence-corrected chi connectivity index (χ2v) is 8.57. The van der Waals surface area contributed by atoms with Gasteiger partial charge in [0, 0.05) is 61.4 Å². The molecule has 7 heteroatoms. The lowest BCUT2D eigenvalue weighted by Crippen LogP contribution is -2.33. The van der Waals surface area contributed by atoms with Crippen molar-refractivity contribution in [3.8, 4) is 0 Å². The van der Waals surface area contributed by atoms with Crippen molar-refractivity contribution in [2.75, 3.05) is 31.1 Å². The third-order valence-corrected chi connectivity index (χ3v) is 6.20. The van der Waals surface area contributed by atoms with E-state index in [-0.39, 0.29) is 5.91 Å². The highest BCUT2D eigenvalue weighted by molar-refractivity contribution is 5.92. The Morgan fingerprint density at radius 2 is 1.85 bits per heavy atom. The molecule has 2 atom stereocenters. The van der Waals surface area contributed by atoms with Crippen LogP contribution >= 0.6 is 0 Å². The zero-order chi connectivity index (χ0) is 18.5. The number of nitrogens with zero attached hydrogens (tertiary/aromatic N) is 5. The lowest BCUT2D eigenvalue weighted by atomic mass is 10.0. The number of hydrogen-bond donors (Lipinski definition) is 1. The summed E-state index contributed by atoms with van der Waals surface area (Å²) < 4.78 is 0. The van der Waals surface area contributed by atoms with Gasteiger partial charge in [-0.1, -0.05) is 13.8 Å². The summed E-state index contributed by atoms with van der Waals surface area (Å²) in [6, 6.07) is 4.06. The van der Waals surface area contributed by atoms with Crippen molar-refractivity contribution >= 4 is 11.7 Å². The molecule has 1 N–H and O–H groups in total. The molecule has 2 saturated heterocycles. The van der Waals surface area contributed by atoms with Gasteiger partial charge in [-0.05, 0) is 24.8 Å².